The first-order valence-electron chi connectivity index (χ1n) is 14.5. The molecule has 5 aromatic carbocycles. The number of rotatable bonds is 8. The van der Waals surface area contributed by atoms with Gasteiger partial charge in [0.25, 0.3) is 12.9 Å². The molecule has 0 radical (unpaired) electrons. The molecule has 1 heterocycles. The molecule has 1 unspecified atom stereocenters. The highest BCUT2D eigenvalue weighted by molar-refractivity contribution is 7.90. The van der Waals surface area contributed by atoms with E-state index in [0.717, 1.165) is 0 Å². The molecule has 0 N–H and O–H groups in total. The van der Waals surface area contributed by atoms with Crippen molar-refractivity contribution in [3.63, 3.8) is 0 Å². The third-order valence-corrected chi connectivity index (χ3v) is 9.71. The van der Waals surface area contributed by atoms with Crippen LogP contribution < -0.4 is 0 Å². The summed E-state index contributed by atoms with van der Waals surface area (Å²) in [5.41, 5.74) is 2.55. The first-order chi connectivity index (χ1) is 23.0. The summed E-state index contributed by atoms with van der Waals surface area (Å²) in [7, 11) is 1.25. The highest BCUT2D eigenvalue weighted by Crippen LogP contribution is 2.47. The van der Waals surface area contributed by atoms with Gasteiger partial charge < -0.3 is 9.29 Å². The maximum absolute atomic E-state index is 15.0. The summed E-state index contributed by atoms with van der Waals surface area (Å²) in [5.74, 6) is -1.21. The standard InChI is InChI=1S/C37H25ClF5NO3S/c1-20-5-3-8-28(36(42)43)32(20)33-29-19-25(39)12-16-31(29)44(48(46)26-13-9-21(10-14-26)35(40)41)34(33)23-7-4-6-22(17-23)27-15-11-24(18-30(27)38)37(45)47-2/h3-19,35-36H,1-2H3. The summed E-state index contributed by atoms with van der Waals surface area (Å²) in [6.07, 6.45) is -5.64. The van der Waals surface area contributed by atoms with Crippen LogP contribution in [0.15, 0.2) is 108 Å². The molecule has 0 fully saturated rings. The number of fused-ring (bicyclic) bond motifs is 1. The minimum absolute atomic E-state index is 0.146. The molecule has 0 spiro atoms. The van der Waals surface area contributed by atoms with Gasteiger partial charge in [0.1, 0.15) is 22.9 Å². The number of esters is 1. The smallest absolute Gasteiger partial charge is 0.337 e. The van der Waals surface area contributed by atoms with Crippen LogP contribution in [0.3, 0.4) is 0 Å². The summed E-state index contributed by atoms with van der Waals surface area (Å²) in [4.78, 5) is 12.2. The molecule has 244 valence electrons. The molecule has 0 saturated heterocycles. The van der Waals surface area contributed by atoms with Gasteiger partial charge in [-0.05, 0) is 84.3 Å². The number of ether oxygens (including phenoxy) is 1. The van der Waals surface area contributed by atoms with Crippen LogP contribution in [0.5, 0.6) is 0 Å². The second-order valence-corrected chi connectivity index (χ2v) is 12.6. The van der Waals surface area contributed by atoms with Crippen molar-refractivity contribution < 1.29 is 36.0 Å². The van der Waals surface area contributed by atoms with Crippen molar-refractivity contribution in [3.8, 4) is 33.5 Å². The Morgan fingerprint density at radius 2 is 1.54 bits per heavy atom. The minimum atomic E-state index is -2.90. The van der Waals surface area contributed by atoms with Gasteiger partial charge in [-0.3, -0.25) is 0 Å². The van der Waals surface area contributed by atoms with Crippen molar-refractivity contribution in [3.05, 3.63) is 136 Å². The lowest BCUT2D eigenvalue weighted by molar-refractivity contribution is 0.0600. The van der Waals surface area contributed by atoms with Crippen molar-refractivity contribution in [2.45, 2.75) is 24.7 Å². The van der Waals surface area contributed by atoms with E-state index in [1.807, 2.05) is 0 Å². The van der Waals surface area contributed by atoms with Gasteiger partial charge >= 0.3 is 5.97 Å². The van der Waals surface area contributed by atoms with Crippen molar-refractivity contribution in [2.75, 3.05) is 7.11 Å². The average Bonchev–Trinajstić information content (AvgIpc) is 3.41. The Kier molecular flexibility index (Phi) is 9.33. The number of carbonyl (C=O) groups excluding carboxylic acids is 1. The van der Waals surface area contributed by atoms with E-state index in [1.54, 1.807) is 49.4 Å². The molecule has 4 nitrogen and oxygen atoms in total. The van der Waals surface area contributed by atoms with Crippen LogP contribution in [0, 0.1) is 12.7 Å². The predicted octanol–water partition coefficient (Wildman–Crippen LogP) is 11.0. The number of methoxy groups -OCH3 is 1. The molecule has 0 bridgehead atoms. The average molecular weight is 694 g/mol. The lowest BCUT2D eigenvalue weighted by Gasteiger charge is -2.18. The second kappa shape index (κ2) is 13.5. The van der Waals surface area contributed by atoms with E-state index < -0.39 is 36.0 Å². The maximum Gasteiger partial charge on any atom is 0.337 e. The van der Waals surface area contributed by atoms with Gasteiger partial charge in [0.05, 0.1) is 18.2 Å². The minimum Gasteiger partial charge on any atom is -0.587 e. The Labute approximate surface area is 280 Å². The molecular formula is C37H25ClF5NO3S. The normalized spacial score (nSPS) is 12.2. The van der Waals surface area contributed by atoms with Crippen LogP contribution in [0.25, 0.3) is 44.4 Å². The lowest BCUT2D eigenvalue weighted by Crippen LogP contribution is -2.14. The monoisotopic (exact) mass is 693 g/mol. The number of nitrogens with zero attached hydrogens (tertiary/aromatic N) is 1. The number of aromatic nitrogens is 1. The third-order valence-electron chi connectivity index (χ3n) is 8.01. The highest BCUT2D eigenvalue weighted by atomic mass is 35.5. The van der Waals surface area contributed by atoms with Crippen molar-refractivity contribution in [1.82, 2.24) is 3.97 Å². The van der Waals surface area contributed by atoms with Crippen LogP contribution in [0.1, 0.15) is 39.9 Å². The maximum atomic E-state index is 15.0. The Morgan fingerprint density at radius 3 is 2.21 bits per heavy atom. The first kappa shape index (κ1) is 33.3. The summed E-state index contributed by atoms with van der Waals surface area (Å²) in [6.45, 7) is 1.66. The van der Waals surface area contributed by atoms with Gasteiger partial charge in [-0.15, -0.1) is 0 Å². The zero-order valence-corrected chi connectivity index (χ0v) is 26.9. The Hall–Kier alpha value is -4.64. The van der Waals surface area contributed by atoms with Crippen molar-refractivity contribution >= 4 is 39.8 Å². The van der Waals surface area contributed by atoms with E-state index in [-0.39, 0.29) is 54.3 Å². The lowest BCUT2D eigenvalue weighted by atomic mass is 9.90. The fraction of sp³-hybridized carbons (Fsp3) is 0.108. The molecular weight excluding hydrogens is 669 g/mol. The molecule has 48 heavy (non-hydrogen) atoms. The van der Waals surface area contributed by atoms with E-state index in [4.69, 9.17) is 16.3 Å². The summed E-state index contributed by atoms with van der Waals surface area (Å²) < 4.78 is 91.6. The molecule has 11 heteroatoms. The molecule has 1 aromatic heterocycles. The number of benzene rings is 5. The van der Waals surface area contributed by atoms with E-state index in [1.165, 1.54) is 71.7 Å². The molecule has 0 saturated carbocycles. The molecule has 0 aliphatic heterocycles. The SMILES string of the molecule is COC(=O)c1ccc(-c2cccc(-c3c(-c4c(C)cccc4C(F)F)c4cc(F)ccc4n3[S+]([O-])c3ccc(C(F)F)cc3)c2)c(Cl)c1. The van der Waals surface area contributed by atoms with E-state index in [9.17, 15) is 31.3 Å². The van der Waals surface area contributed by atoms with Crippen LogP contribution in [0.2, 0.25) is 5.02 Å². The first-order valence-corrected chi connectivity index (χ1v) is 16.0. The predicted molar refractivity (Wildman–Crippen MR) is 177 cm³/mol. The van der Waals surface area contributed by atoms with E-state index >= 15 is 0 Å². The number of carbonyl (C=O) groups is 1. The van der Waals surface area contributed by atoms with Crippen molar-refractivity contribution in [1.29, 1.82) is 0 Å². The Bertz CT molecular complexity index is 2170. The van der Waals surface area contributed by atoms with Crippen LogP contribution in [0.4, 0.5) is 22.0 Å². The largest absolute Gasteiger partial charge is 0.587 e. The van der Waals surface area contributed by atoms with Crippen LogP contribution in [-0.4, -0.2) is 21.6 Å². The zero-order valence-electron chi connectivity index (χ0n) is 25.3. The van der Waals surface area contributed by atoms with Gasteiger partial charge in [-0.2, -0.15) is 3.97 Å². The summed E-state index contributed by atoms with van der Waals surface area (Å²) in [6, 6.07) is 24.7. The van der Waals surface area contributed by atoms with E-state index in [0.29, 0.717) is 22.3 Å². The zero-order chi connectivity index (χ0) is 34.3. The van der Waals surface area contributed by atoms with Gasteiger partial charge in [0.2, 0.25) is 0 Å². The van der Waals surface area contributed by atoms with Crippen LogP contribution in [-0.2, 0) is 16.1 Å². The van der Waals surface area contributed by atoms with Gasteiger partial charge in [0.15, 0.2) is 4.90 Å². The number of hydrogen-bond acceptors (Lipinski definition) is 3. The number of hydrogen-bond donors (Lipinski definition) is 0. The molecule has 1 atom stereocenters. The fourth-order valence-corrected chi connectivity index (χ4v) is 7.37. The quantitative estimate of drug-likeness (QED) is 0.0906. The molecule has 0 aliphatic carbocycles. The molecule has 6 aromatic rings. The molecule has 0 aliphatic rings. The topological polar surface area (TPSA) is 54.3 Å². The number of alkyl halides is 4. The third kappa shape index (κ3) is 6.07. The second-order valence-electron chi connectivity index (χ2n) is 10.9. The summed E-state index contributed by atoms with van der Waals surface area (Å²) >= 11 is 4.49. The Morgan fingerprint density at radius 1 is 0.833 bits per heavy atom. The van der Waals surface area contributed by atoms with Crippen molar-refractivity contribution in [2.24, 2.45) is 0 Å². The van der Waals surface area contributed by atoms with E-state index in [2.05, 4.69) is 0 Å². The molecule has 6 rings (SSSR count). The fourth-order valence-electron chi connectivity index (χ4n) is 5.80. The number of aryl methyl sites for hydroxylation is 1. The van der Waals surface area contributed by atoms with Gasteiger partial charge in [-0.1, -0.05) is 54.1 Å². The highest BCUT2D eigenvalue weighted by Gasteiger charge is 2.32. The Balaban J connectivity index is 1.68. The van der Waals surface area contributed by atoms with Gasteiger partial charge in [0, 0.05) is 38.2 Å². The molecule has 0 amide bonds. The van der Waals surface area contributed by atoms with Gasteiger partial charge in [-0.25, -0.2) is 26.7 Å². The summed E-state index contributed by atoms with van der Waals surface area (Å²) in [5, 5.41) is 0.462. The van der Waals surface area contributed by atoms with Crippen LogP contribution >= 0.6 is 11.6 Å². The number of halogens is 6.